The first-order valence-corrected chi connectivity index (χ1v) is 5.95. The van der Waals surface area contributed by atoms with Crippen LogP contribution in [0.15, 0.2) is 55.6 Å². The molecule has 1 aromatic rings. The van der Waals surface area contributed by atoms with Gasteiger partial charge < -0.3 is 0 Å². The fourth-order valence-electron chi connectivity index (χ4n) is 1.47. The third-order valence-corrected chi connectivity index (χ3v) is 2.44. The van der Waals surface area contributed by atoms with Gasteiger partial charge in [0, 0.05) is 13.1 Å². The maximum atomic E-state index is 4.08. The standard InChI is InChI=1S/C15H19N3/c1-4-11-18(12-5-2)14(3)13-16-17-15-9-7-6-8-10-15/h4-10,14H,1-2,11-12H2,3H3/t14-/m0/s1. The summed E-state index contributed by atoms with van der Waals surface area (Å²) in [7, 11) is 0. The molecule has 0 N–H and O–H groups in total. The van der Waals surface area contributed by atoms with Gasteiger partial charge in [-0.3, -0.25) is 10.3 Å². The van der Waals surface area contributed by atoms with E-state index >= 15 is 0 Å². The number of nitrogens with zero attached hydrogens (tertiary/aromatic N) is 3. The highest BCUT2D eigenvalue weighted by Gasteiger charge is 2.12. The Morgan fingerprint density at radius 2 is 1.89 bits per heavy atom. The summed E-state index contributed by atoms with van der Waals surface area (Å²) in [5, 5.41) is 0. The second-order valence-electron chi connectivity index (χ2n) is 3.87. The summed E-state index contributed by atoms with van der Waals surface area (Å²) in [6.07, 6.45) is 3.71. The summed E-state index contributed by atoms with van der Waals surface area (Å²) in [6.45, 7) is 11.1. The second kappa shape index (κ2) is 8.10. The molecule has 0 saturated carbocycles. The molecule has 3 heteroatoms. The van der Waals surface area contributed by atoms with Crippen LogP contribution >= 0.6 is 0 Å². The van der Waals surface area contributed by atoms with E-state index in [0.717, 1.165) is 18.8 Å². The summed E-state index contributed by atoms with van der Waals surface area (Å²) in [5.41, 5.74) is 4.91. The van der Waals surface area contributed by atoms with Gasteiger partial charge in [0.05, 0.1) is 0 Å². The van der Waals surface area contributed by atoms with Gasteiger partial charge in [-0.1, -0.05) is 53.1 Å². The molecule has 0 aliphatic heterocycles. The van der Waals surface area contributed by atoms with Crippen molar-refractivity contribution in [3.8, 4) is 6.07 Å². The Kier molecular flexibility index (Phi) is 6.31. The van der Waals surface area contributed by atoms with Gasteiger partial charge in [-0.2, -0.15) is 0 Å². The zero-order valence-corrected chi connectivity index (χ0v) is 10.8. The van der Waals surface area contributed by atoms with Crippen LogP contribution in [0, 0.1) is 6.07 Å². The molecule has 0 amide bonds. The van der Waals surface area contributed by atoms with Crippen molar-refractivity contribution in [1.82, 2.24) is 4.90 Å². The van der Waals surface area contributed by atoms with Crippen LogP contribution in [0.5, 0.6) is 0 Å². The van der Waals surface area contributed by atoms with Crippen molar-refractivity contribution in [2.24, 2.45) is 0 Å². The molecule has 1 atom stereocenters. The highest BCUT2D eigenvalue weighted by Crippen LogP contribution is 2.16. The van der Waals surface area contributed by atoms with E-state index in [1.807, 2.05) is 49.4 Å². The van der Waals surface area contributed by atoms with Crippen LogP contribution in [0.3, 0.4) is 0 Å². The maximum absolute atomic E-state index is 4.08. The van der Waals surface area contributed by atoms with Gasteiger partial charge in [0.15, 0.2) is 0 Å². The van der Waals surface area contributed by atoms with Gasteiger partial charge in [0.2, 0.25) is 0 Å². The molecule has 94 valence electrons. The van der Waals surface area contributed by atoms with E-state index < -0.39 is 0 Å². The molecule has 1 aromatic carbocycles. The molecule has 1 rings (SSSR count). The number of rotatable bonds is 6. The Morgan fingerprint density at radius 1 is 1.28 bits per heavy atom. The summed E-state index contributed by atoms with van der Waals surface area (Å²) in [5.74, 6) is 0. The lowest BCUT2D eigenvalue weighted by Gasteiger charge is -2.18. The fourth-order valence-corrected chi connectivity index (χ4v) is 1.47. The molecule has 0 bridgehead atoms. The Balaban J connectivity index is 2.54. The Bertz CT molecular complexity index is 418. The van der Waals surface area contributed by atoms with E-state index in [9.17, 15) is 0 Å². The highest BCUT2D eigenvalue weighted by atomic mass is 15.3. The monoisotopic (exact) mass is 241 g/mol. The molecule has 18 heavy (non-hydrogen) atoms. The summed E-state index contributed by atoms with van der Waals surface area (Å²) in [6, 6.07) is 12.7. The van der Waals surface area contributed by atoms with E-state index in [2.05, 4.69) is 34.5 Å². The minimum Gasteiger partial charge on any atom is -0.278 e. The maximum Gasteiger partial charge on any atom is 0.290 e. The molecule has 0 unspecified atom stereocenters. The van der Waals surface area contributed by atoms with Gasteiger partial charge >= 0.3 is 0 Å². The zero-order chi connectivity index (χ0) is 13.2. The molecule has 0 radical (unpaired) electrons. The lowest BCUT2D eigenvalue weighted by atomic mass is 10.3. The van der Waals surface area contributed by atoms with Crippen molar-refractivity contribution >= 4 is 5.69 Å². The quantitative estimate of drug-likeness (QED) is 0.545. The van der Waals surface area contributed by atoms with Crippen LogP contribution in [0.4, 0.5) is 5.69 Å². The average Bonchev–Trinajstić information content (AvgIpc) is 2.39. The predicted molar refractivity (Wildman–Crippen MR) is 78.1 cm³/mol. The summed E-state index contributed by atoms with van der Waals surface area (Å²) < 4.78 is 0. The van der Waals surface area contributed by atoms with Crippen molar-refractivity contribution in [3.05, 3.63) is 66.0 Å². The Hall–Kier alpha value is -2.05. The van der Waals surface area contributed by atoms with Crippen LogP contribution in [0.1, 0.15) is 6.92 Å². The van der Waals surface area contributed by atoms with E-state index in [-0.39, 0.29) is 6.04 Å². The minimum atomic E-state index is 0.0773. The molecule has 0 aliphatic carbocycles. The lowest BCUT2D eigenvalue weighted by molar-refractivity contribution is 0.304. The van der Waals surface area contributed by atoms with Gasteiger partial charge in [-0.15, -0.1) is 13.2 Å². The van der Waals surface area contributed by atoms with Gasteiger partial charge in [-0.25, -0.2) is 0 Å². The van der Waals surface area contributed by atoms with Gasteiger partial charge in [0.1, 0.15) is 6.04 Å². The molecular formula is C15H19N3. The van der Waals surface area contributed by atoms with E-state index in [4.69, 9.17) is 0 Å². The topological polar surface area (TPSA) is 21.7 Å². The Labute approximate surface area is 109 Å². The molecule has 0 saturated heterocycles. The first-order valence-electron chi connectivity index (χ1n) is 5.95. The fraction of sp³-hybridized carbons (Fsp3) is 0.267. The Morgan fingerprint density at radius 3 is 2.44 bits per heavy atom. The van der Waals surface area contributed by atoms with E-state index in [0.29, 0.717) is 0 Å². The van der Waals surface area contributed by atoms with Gasteiger partial charge in [-0.05, 0) is 6.92 Å². The van der Waals surface area contributed by atoms with E-state index in [1.165, 1.54) is 0 Å². The van der Waals surface area contributed by atoms with Crippen molar-refractivity contribution in [2.45, 2.75) is 13.0 Å². The van der Waals surface area contributed by atoms with Crippen molar-refractivity contribution in [1.29, 1.82) is 0 Å². The highest BCUT2D eigenvalue weighted by molar-refractivity contribution is 5.49. The molecule has 0 aliphatic rings. The molecule has 3 nitrogen and oxygen atoms in total. The minimum absolute atomic E-state index is 0.0773. The summed E-state index contributed by atoms with van der Waals surface area (Å²) >= 11 is 0. The van der Waals surface area contributed by atoms with Crippen molar-refractivity contribution in [3.63, 3.8) is 0 Å². The number of hydrogen-bond acceptors (Lipinski definition) is 1. The number of benzene rings is 1. The first kappa shape index (κ1) is 14.0. The molecule has 0 aromatic heterocycles. The van der Waals surface area contributed by atoms with Crippen LogP contribution in [-0.2, 0) is 0 Å². The summed E-state index contributed by atoms with van der Waals surface area (Å²) in [4.78, 5) is 6.13. The molecular weight excluding hydrogens is 222 g/mol. The van der Waals surface area contributed by atoms with Crippen LogP contribution < -0.4 is 0 Å². The van der Waals surface area contributed by atoms with Crippen LogP contribution in [0.25, 0.3) is 10.4 Å². The SMILES string of the molecule is C=CCN(CC=C)[C@@H](C)C#[N+][N-]c1ccccc1. The number of hydrogen-bond donors (Lipinski definition) is 0. The zero-order valence-electron chi connectivity index (χ0n) is 10.8. The van der Waals surface area contributed by atoms with Crippen LogP contribution in [0.2, 0.25) is 0 Å². The smallest absolute Gasteiger partial charge is 0.278 e. The van der Waals surface area contributed by atoms with Crippen molar-refractivity contribution < 1.29 is 0 Å². The third kappa shape index (κ3) is 4.86. The van der Waals surface area contributed by atoms with Crippen LogP contribution in [-0.4, -0.2) is 24.0 Å². The molecule has 0 fully saturated rings. The lowest BCUT2D eigenvalue weighted by Crippen LogP contribution is -2.32. The van der Waals surface area contributed by atoms with Gasteiger partial charge in [0.25, 0.3) is 6.07 Å². The second-order valence-corrected chi connectivity index (χ2v) is 3.87. The van der Waals surface area contributed by atoms with Crippen molar-refractivity contribution in [2.75, 3.05) is 13.1 Å². The first-order chi connectivity index (χ1) is 8.77. The predicted octanol–water partition coefficient (Wildman–Crippen LogP) is 4.00. The average molecular weight is 241 g/mol. The molecule has 0 heterocycles. The normalized spacial score (nSPS) is 11.2. The van der Waals surface area contributed by atoms with E-state index in [1.54, 1.807) is 0 Å². The third-order valence-electron chi connectivity index (χ3n) is 2.44. The molecule has 0 spiro atoms. The largest absolute Gasteiger partial charge is 0.290 e.